The van der Waals surface area contributed by atoms with Crippen LogP contribution in [-0.4, -0.2) is 9.33 Å². The first kappa shape index (κ1) is 12.5. The first-order valence-corrected chi connectivity index (χ1v) is 6.78. The zero-order valence-electron chi connectivity index (χ0n) is 7.72. The van der Waals surface area contributed by atoms with Crippen LogP contribution in [0, 0.1) is 17.2 Å². The number of amides is 1. The molecule has 0 radical (unpaired) electrons. The fourth-order valence-corrected chi connectivity index (χ4v) is 2.89. The largest absolute Gasteiger partial charge is 0.299 e. The highest BCUT2D eigenvalue weighted by Gasteiger charge is 2.32. The molecule has 5 heteroatoms. The van der Waals surface area contributed by atoms with Gasteiger partial charge in [-0.15, -0.1) is 0 Å². The SMILES string of the molecule is N#CC1(I)CCCC(C(=O)NI)CC1. The lowest BCUT2D eigenvalue weighted by Crippen LogP contribution is -2.23. The molecule has 3 nitrogen and oxygen atoms in total. The molecular formula is C9H12I2N2O. The van der Waals surface area contributed by atoms with E-state index < -0.39 is 0 Å². The fourth-order valence-electron chi connectivity index (χ4n) is 1.75. The van der Waals surface area contributed by atoms with Gasteiger partial charge in [0.1, 0.15) is 3.42 Å². The van der Waals surface area contributed by atoms with Gasteiger partial charge in [-0.25, -0.2) is 0 Å². The van der Waals surface area contributed by atoms with Gasteiger partial charge < -0.3 is 0 Å². The summed E-state index contributed by atoms with van der Waals surface area (Å²) in [5, 5.41) is 9.00. The second-order valence-corrected chi connectivity index (χ2v) is 6.27. The lowest BCUT2D eigenvalue weighted by molar-refractivity contribution is -0.123. The molecule has 0 saturated heterocycles. The van der Waals surface area contributed by atoms with E-state index in [1.165, 1.54) is 0 Å². The molecule has 0 spiro atoms. The van der Waals surface area contributed by atoms with Crippen molar-refractivity contribution in [3.05, 3.63) is 0 Å². The number of nitrogens with zero attached hydrogens (tertiary/aromatic N) is 1. The molecule has 0 heterocycles. The minimum Gasteiger partial charge on any atom is -0.299 e. The van der Waals surface area contributed by atoms with Crippen LogP contribution in [0.25, 0.3) is 0 Å². The van der Waals surface area contributed by atoms with Gasteiger partial charge in [-0.2, -0.15) is 5.26 Å². The predicted octanol–water partition coefficient (Wildman–Crippen LogP) is 2.73. The van der Waals surface area contributed by atoms with E-state index in [1.54, 1.807) is 0 Å². The standard InChI is InChI=1S/C9H12I2N2O/c10-9(6-12)4-1-2-7(3-5-9)8(14)13-11/h7H,1-5H2,(H,13,14). The highest BCUT2D eigenvalue weighted by Crippen LogP contribution is 2.36. The molecule has 0 aromatic carbocycles. The van der Waals surface area contributed by atoms with E-state index >= 15 is 0 Å². The molecule has 1 aliphatic carbocycles. The Hall–Kier alpha value is 0.420. The minimum absolute atomic E-state index is 0.108. The number of carbonyl (C=O) groups excluding carboxylic acids is 1. The summed E-state index contributed by atoms with van der Waals surface area (Å²) < 4.78 is 2.42. The van der Waals surface area contributed by atoms with Crippen molar-refractivity contribution in [1.29, 1.82) is 5.26 Å². The van der Waals surface area contributed by atoms with Crippen LogP contribution in [0.2, 0.25) is 0 Å². The molecule has 78 valence electrons. The molecule has 1 rings (SSSR count). The number of hydrogen-bond acceptors (Lipinski definition) is 2. The summed E-state index contributed by atoms with van der Waals surface area (Å²) >= 11 is 4.11. The molecular weight excluding hydrogens is 406 g/mol. The van der Waals surface area contributed by atoms with Crippen LogP contribution >= 0.6 is 45.5 Å². The molecule has 14 heavy (non-hydrogen) atoms. The Morgan fingerprint density at radius 1 is 1.50 bits per heavy atom. The number of rotatable bonds is 1. The Balaban J connectivity index is 2.58. The van der Waals surface area contributed by atoms with Gasteiger partial charge >= 0.3 is 0 Å². The van der Waals surface area contributed by atoms with E-state index in [2.05, 4.69) is 32.2 Å². The van der Waals surface area contributed by atoms with E-state index in [0.717, 1.165) is 32.1 Å². The third-order valence-corrected chi connectivity index (χ3v) is 4.53. The number of carbonyl (C=O) groups is 1. The van der Waals surface area contributed by atoms with Crippen molar-refractivity contribution < 1.29 is 4.79 Å². The van der Waals surface area contributed by atoms with Crippen molar-refractivity contribution in [2.45, 2.75) is 35.5 Å². The summed E-state index contributed by atoms with van der Waals surface area (Å²) in [6.07, 6.45) is 4.48. The summed E-state index contributed by atoms with van der Waals surface area (Å²) in [7, 11) is 0. The van der Waals surface area contributed by atoms with Crippen LogP contribution in [0.15, 0.2) is 0 Å². The molecule has 1 N–H and O–H groups in total. The molecule has 0 bridgehead atoms. The van der Waals surface area contributed by atoms with Crippen LogP contribution < -0.4 is 3.53 Å². The summed E-state index contributed by atoms with van der Waals surface area (Å²) in [6, 6.07) is 2.35. The second-order valence-electron chi connectivity index (χ2n) is 3.66. The van der Waals surface area contributed by atoms with Crippen molar-refractivity contribution >= 4 is 51.4 Å². The van der Waals surface area contributed by atoms with Crippen molar-refractivity contribution in [1.82, 2.24) is 3.53 Å². The maximum absolute atomic E-state index is 11.4. The molecule has 2 atom stereocenters. The maximum atomic E-state index is 11.4. The Morgan fingerprint density at radius 3 is 2.79 bits per heavy atom. The summed E-state index contributed by atoms with van der Waals surface area (Å²) in [4.78, 5) is 11.4. The van der Waals surface area contributed by atoms with Crippen molar-refractivity contribution in [3.8, 4) is 6.07 Å². The topological polar surface area (TPSA) is 52.9 Å². The first-order chi connectivity index (χ1) is 6.61. The number of nitriles is 1. The van der Waals surface area contributed by atoms with Gasteiger partial charge in [0, 0.05) is 5.92 Å². The molecule has 0 aliphatic heterocycles. The Bertz CT molecular complexity index is 264. The maximum Gasteiger partial charge on any atom is 0.231 e. The number of halogens is 2. The quantitative estimate of drug-likeness (QED) is 0.308. The van der Waals surface area contributed by atoms with Gasteiger partial charge in [-0.1, -0.05) is 29.0 Å². The Labute approximate surface area is 112 Å². The number of hydrogen-bond donors (Lipinski definition) is 1. The summed E-state index contributed by atoms with van der Waals surface area (Å²) in [5.74, 6) is 0.223. The molecule has 1 amide bonds. The minimum atomic E-state index is -0.238. The molecule has 1 aliphatic rings. The van der Waals surface area contributed by atoms with E-state index in [4.69, 9.17) is 5.26 Å². The lowest BCUT2D eigenvalue weighted by Gasteiger charge is -2.15. The average Bonchev–Trinajstić information content (AvgIpc) is 2.40. The highest BCUT2D eigenvalue weighted by molar-refractivity contribution is 14.1. The monoisotopic (exact) mass is 418 g/mol. The van der Waals surface area contributed by atoms with Gasteiger partial charge in [0.2, 0.25) is 5.91 Å². The van der Waals surface area contributed by atoms with Gasteiger partial charge in [0.05, 0.1) is 28.9 Å². The van der Waals surface area contributed by atoms with Crippen molar-refractivity contribution in [2.75, 3.05) is 0 Å². The summed E-state index contributed by atoms with van der Waals surface area (Å²) in [6.45, 7) is 0. The van der Waals surface area contributed by atoms with Gasteiger partial charge in [-0.3, -0.25) is 8.32 Å². The van der Waals surface area contributed by atoms with E-state index in [9.17, 15) is 4.79 Å². The highest BCUT2D eigenvalue weighted by atomic mass is 127. The molecule has 0 aromatic rings. The molecule has 1 saturated carbocycles. The molecule has 2 unspecified atom stereocenters. The summed E-state index contributed by atoms with van der Waals surface area (Å²) in [5.41, 5.74) is 0. The van der Waals surface area contributed by atoms with Crippen LogP contribution in [0.4, 0.5) is 0 Å². The third kappa shape index (κ3) is 3.22. The Morgan fingerprint density at radius 2 is 2.21 bits per heavy atom. The number of alkyl halides is 1. The van der Waals surface area contributed by atoms with E-state index in [0.29, 0.717) is 0 Å². The second kappa shape index (κ2) is 5.49. The van der Waals surface area contributed by atoms with Crippen LogP contribution in [-0.2, 0) is 4.79 Å². The zero-order chi connectivity index (χ0) is 10.6. The lowest BCUT2D eigenvalue weighted by atomic mass is 9.98. The molecule has 0 aromatic heterocycles. The van der Waals surface area contributed by atoms with Crippen LogP contribution in [0.5, 0.6) is 0 Å². The predicted molar refractivity (Wildman–Crippen MR) is 71.1 cm³/mol. The first-order valence-electron chi connectivity index (χ1n) is 4.62. The smallest absolute Gasteiger partial charge is 0.231 e. The van der Waals surface area contributed by atoms with Crippen LogP contribution in [0.1, 0.15) is 32.1 Å². The van der Waals surface area contributed by atoms with E-state index in [-0.39, 0.29) is 15.2 Å². The fraction of sp³-hybridized carbons (Fsp3) is 0.778. The van der Waals surface area contributed by atoms with Gasteiger partial charge in [-0.05, 0) is 25.7 Å². The van der Waals surface area contributed by atoms with Gasteiger partial charge in [0.25, 0.3) is 0 Å². The van der Waals surface area contributed by atoms with Crippen molar-refractivity contribution in [2.24, 2.45) is 5.92 Å². The van der Waals surface area contributed by atoms with E-state index in [1.807, 2.05) is 22.9 Å². The third-order valence-electron chi connectivity index (χ3n) is 2.68. The number of nitrogens with one attached hydrogen (secondary N) is 1. The molecule has 1 fully saturated rings. The van der Waals surface area contributed by atoms with Crippen LogP contribution in [0.3, 0.4) is 0 Å². The normalized spacial score (nSPS) is 32.8. The van der Waals surface area contributed by atoms with Gasteiger partial charge in [0.15, 0.2) is 0 Å². The van der Waals surface area contributed by atoms with Crippen molar-refractivity contribution in [3.63, 3.8) is 0 Å². The average molecular weight is 418 g/mol. The Kier molecular flexibility index (Phi) is 4.90. The zero-order valence-corrected chi connectivity index (χ0v) is 12.0.